The molecule has 1 aromatic rings. The zero-order valence-corrected chi connectivity index (χ0v) is 12.9. The van der Waals surface area contributed by atoms with Crippen LogP contribution in [0, 0.1) is 6.92 Å². The zero-order valence-electron chi connectivity index (χ0n) is 11.3. The van der Waals surface area contributed by atoms with E-state index in [0.29, 0.717) is 11.7 Å². The Balaban J connectivity index is 2.24. The second-order valence-corrected chi connectivity index (χ2v) is 7.21. The molecule has 2 rings (SSSR count). The molecule has 1 aromatic heterocycles. The molecule has 19 heavy (non-hydrogen) atoms. The lowest BCUT2D eigenvalue weighted by atomic mass is 9.84. The summed E-state index contributed by atoms with van der Waals surface area (Å²) in [5.41, 5.74) is -0.510. The highest BCUT2D eigenvalue weighted by Gasteiger charge is 2.36. The molecule has 0 amide bonds. The van der Waals surface area contributed by atoms with Crippen molar-refractivity contribution in [2.24, 2.45) is 7.05 Å². The molecule has 1 aliphatic rings. The lowest BCUT2D eigenvalue weighted by Gasteiger charge is -2.35. The van der Waals surface area contributed by atoms with Gasteiger partial charge in [0.05, 0.1) is 0 Å². The van der Waals surface area contributed by atoms with E-state index in [9.17, 15) is 8.42 Å². The molecule has 0 atom stereocenters. The fourth-order valence-electron chi connectivity index (χ4n) is 2.48. The van der Waals surface area contributed by atoms with Crippen molar-refractivity contribution in [1.82, 2.24) is 14.3 Å². The summed E-state index contributed by atoms with van der Waals surface area (Å²) in [4.78, 5) is 4.08. The molecule has 0 unspecified atom stereocenters. The minimum atomic E-state index is -3.60. The van der Waals surface area contributed by atoms with E-state index in [0.717, 1.165) is 32.1 Å². The van der Waals surface area contributed by atoms with Crippen LogP contribution in [-0.2, 0) is 17.1 Å². The third-order valence-electron chi connectivity index (χ3n) is 3.78. The molecule has 1 heterocycles. The maximum atomic E-state index is 12.4. The number of aryl methyl sites for hydroxylation is 2. The molecule has 108 valence electrons. The quantitative estimate of drug-likeness (QED) is 0.865. The number of imidazole rings is 1. The van der Waals surface area contributed by atoms with Crippen molar-refractivity contribution in [2.75, 3.05) is 5.88 Å². The molecule has 7 heteroatoms. The van der Waals surface area contributed by atoms with Gasteiger partial charge in [0, 0.05) is 24.7 Å². The van der Waals surface area contributed by atoms with Crippen LogP contribution in [0.1, 0.15) is 37.9 Å². The van der Waals surface area contributed by atoms with E-state index >= 15 is 0 Å². The number of nitrogens with one attached hydrogen (secondary N) is 1. The van der Waals surface area contributed by atoms with Crippen LogP contribution < -0.4 is 4.72 Å². The summed E-state index contributed by atoms with van der Waals surface area (Å²) in [6.45, 7) is 1.77. The van der Waals surface area contributed by atoms with Crippen molar-refractivity contribution in [3.05, 3.63) is 12.0 Å². The summed E-state index contributed by atoms with van der Waals surface area (Å²) in [6.07, 6.45) is 6.28. The second-order valence-electron chi connectivity index (χ2n) is 5.32. The second kappa shape index (κ2) is 5.42. The Bertz CT molecular complexity index is 528. The van der Waals surface area contributed by atoms with Gasteiger partial charge >= 0.3 is 0 Å². The van der Waals surface area contributed by atoms with Crippen LogP contribution in [0.25, 0.3) is 0 Å². The number of halogens is 1. The Hall–Kier alpha value is -0.590. The number of sulfonamides is 1. The number of nitrogens with zero attached hydrogens (tertiary/aromatic N) is 2. The van der Waals surface area contributed by atoms with Crippen molar-refractivity contribution >= 4 is 21.6 Å². The SMILES string of the molecule is Cc1nc(S(=O)(=O)NC2(CCl)CCCCC2)cn1C. The first-order valence-electron chi connectivity index (χ1n) is 6.48. The molecule has 0 bridgehead atoms. The van der Waals surface area contributed by atoms with Crippen molar-refractivity contribution < 1.29 is 8.42 Å². The van der Waals surface area contributed by atoms with Gasteiger partial charge in [0.1, 0.15) is 5.82 Å². The Morgan fingerprint density at radius 3 is 2.53 bits per heavy atom. The number of alkyl halides is 1. The van der Waals surface area contributed by atoms with E-state index in [1.807, 2.05) is 0 Å². The van der Waals surface area contributed by atoms with E-state index in [4.69, 9.17) is 11.6 Å². The van der Waals surface area contributed by atoms with Gasteiger partial charge in [0.25, 0.3) is 10.0 Å². The van der Waals surface area contributed by atoms with Gasteiger partial charge < -0.3 is 4.57 Å². The smallest absolute Gasteiger partial charge is 0.260 e. The molecule has 1 aliphatic carbocycles. The first-order chi connectivity index (χ1) is 8.88. The molecule has 1 fully saturated rings. The van der Waals surface area contributed by atoms with Gasteiger partial charge in [-0.05, 0) is 19.8 Å². The Kier molecular flexibility index (Phi) is 4.23. The molecular formula is C12H20ClN3O2S. The van der Waals surface area contributed by atoms with Gasteiger partial charge in [0.15, 0.2) is 5.03 Å². The summed E-state index contributed by atoms with van der Waals surface area (Å²) in [5, 5.41) is 0.0718. The lowest BCUT2D eigenvalue weighted by molar-refractivity contribution is 0.297. The minimum absolute atomic E-state index is 0.0718. The summed E-state index contributed by atoms with van der Waals surface area (Å²) in [6, 6.07) is 0. The third-order valence-corrected chi connectivity index (χ3v) is 5.74. The maximum absolute atomic E-state index is 12.4. The van der Waals surface area contributed by atoms with Crippen LogP contribution in [0.3, 0.4) is 0 Å². The highest BCUT2D eigenvalue weighted by Crippen LogP contribution is 2.30. The largest absolute Gasteiger partial charge is 0.337 e. The van der Waals surface area contributed by atoms with Crippen LogP contribution in [0.15, 0.2) is 11.2 Å². The predicted molar refractivity (Wildman–Crippen MR) is 74.8 cm³/mol. The van der Waals surface area contributed by atoms with Gasteiger partial charge in [-0.25, -0.2) is 18.1 Å². The van der Waals surface area contributed by atoms with Crippen molar-refractivity contribution in [3.8, 4) is 0 Å². The van der Waals surface area contributed by atoms with Crippen molar-refractivity contribution in [1.29, 1.82) is 0 Å². The Morgan fingerprint density at radius 1 is 1.42 bits per heavy atom. The fraction of sp³-hybridized carbons (Fsp3) is 0.750. The molecule has 1 saturated carbocycles. The summed E-state index contributed by atoms with van der Waals surface area (Å²) in [5.74, 6) is 0.974. The molecule has 0 radical (unpaired) electrons. The number of hydrogen-bond donors (Lipinski definition) is 1. The highest BCUT2D eigenvalue weighted by molar-refractivity contribution is 7.89. The molecule has 0 spiro atoms. The molecule has 0 aliphatic heterocycles. The predicted octanol–water partition coefficient (Wildman–Crippen LogP) is 1.95. The van der Waals surface area contributed by atoms with Gasteiger partial charge in [-0.3, -0.25) is 0 Å². The van der Waals surface area contributed by atoms with E-state index in [1.54, 1.807) is 18.5 Å². The number of rotatable bonds is 4. The van der Waals surface area contributed by atoms with Gasteiger partial charge in [0.2, 0.25) is 0 Å². The lowest BCUT2D eigenvalue weighted by Crippen LogP contribution is -2.51. The summed E-state index contributed by atoms with van der Waals surface area (Å²) < 4.78 is 29.2. The average Bonchev–Trinajstić information content (AvgIpc) is 2.71. The van der Waals surface area contributed by atoms with Crippen molar-refractivity contribution in [3.63, 3.8) is 0 Å². The topological polar surface area (TPSA) is 64.0 Å². The normalized spacial score (nSPS) is 19.5. The first-order valence-corrected chi connectivity index (χ1v) is 8.50. The fourth-order valence-corrected chi connectivity index (χ4v) is 4.40. The molecular weight excluding hydrogens is 286 g/mol. The van der Waals surface area contributed by atoms with Crippen molar-refractivity contribution in [2.45, 2.75) is 49.6 Å². The average molecular weight is 306 g/mol. The number of aromatic nitrogens is 2. The van der Waals surface area contributed by atoms with E-state index in [-0.39, 0.29) is 5.03 Å². The van der Waals surface area contributed by atoms with E-state index in [1.165, 1.54) is 6.20 Å². The molecule has 5 nitrogen and oxygen atoms in total. The van der Waals surface area contributed by atoms with Crippen LogP contribution in [-0.4, -0.2) is 29.4 Å². The molecule has 1 N–H and O–H groups in total. The van der Waals surface area contributed by atoms with Crippen LogP contribution in [0.2, 0.25) is 0 Å². The zero-order chi connectivity index (χ0) is 14.1. The van der Waals surface area contributed by atoms with E-state index in [2.05, 4.69) is 9.71 Å². The Morgan fingerprint density at radius 2 is 2.05 bits per heavy atom. The monoisotopic (exact) mass is 305 g/mol. The Labute approximate surface area is 119 Å². The minimum Gasteiger partial charge on any atom is -0.337 e. The van der Waals surface area contributed by atoms with Crippen LogP contribution >= 0.6 is 11.6 Å². The highest BCUT2D eigenvalue weighted by atomic mass is 35.5. The standard InChI is InChI=1S/C12H20ClN3O2S/c1-10-14-11(8-16(10)2)19(17,18)15-12(9-13)6-4-3-5-7-12/h8,15H,3-7,9H2,1-2H3. The number of hydrogen-bond acceptors (Lipinski definition) is 3. The van der Waals surface area contributed by atoms with E-state index < -0.39 is 15.6 Å². The molecule has 0 aromatic carbocycles. The maximum Gasteiger partial charge on any atom is 0.260 e. The first kappa shape index (κ1) is 14.8. The molecule has 0 saturated heterocycles. The van der Waals surface area contributed by atoms with Gasteiger partial charge in [-0.15, -0.1) is 11.6 Å². The van der Waals surface area contributed by atoms with Gasteiger partial charge in [-0.1, -0.05) is 19.3 Å². The summed E-state index contributed by atoms with van der Waals surface area (Å²) in [7, 11) is -1.82. The summed E-state index contributed by atoms with van der Waals surface area (Å²) >= 11 is 6.01. The van der Waals surface area contributed by atoms with Crippen LogP contribution in [0.4, 0.5) is 0 Å². The van der Waals surface area contributed by atoms with Crippen LogP contribution in [0.5, 0.6) is 0 Å². The van der Waals surface area contributed by atoms with Gasteiger partial charge in [-0.2, -0.15) is 0 Å². The third kappa shape index (κ3) is 3.12.